The summed E-state index contributed by atoms with van der Waals surface area (Å²) in [6, 6.07) is 7.41. The molecule has 1 aliphatic heterocycles. The van der Waals surface area contributed by atoms with E-state index in [9.17, 15) is 19.8 Å². The zero-order valence-corrected chi connectivity index (χ0v) is 29.5. The van der Waals surface area contributed by atoms with E-state index in [0.717, 1.165) is 43.2 Å². The molecule has 5 fully saturated rings. The maximum absolute atomic E-state index is 14.5. The van der Waals surface area contributed by atoms with Gasteiger partial charge in [0.15, 0.2) is 5.78 Å². The van der Waals surface area contributed by atoms with Crippen molar-refractivity contribution in [3.05, 3.63) is 53.1 Å². The monoisotopic (exact) mass is 640 g/mol. The second kappa shape index (κ2) is 10.4. The number of hydrogen-bond donors (Lipinski definition) is 2. The molecular weight excluding hydrogens is 584 g/mol. The van der Waals surface area contributed by atoms with Gasteiger partial charge in [-0.25, -0.2) is 0 Å². The number of benzene rings is 1. The highest BCUT2D eigenvalue weighted by atomic mass is 16.6. The fraction of sp³-hybridized carbons (Fsp3) is 0.714. The summed E-state index contributed by atoms with van der Waals surface area (Å²) < 4.78 is 6.22. The largest absolute Gasteiger partial charge is 0.508 e. The van der Waals surface area contributed by atoms with Gasteiger partial charge >= 0.3 is 0 Å². The van der Waals surface area contributed by atoms with Crippen LogP contribution in [0.15, 0.2) is 47.6 Å². The third kappa shape index (κ3) is 4.14. The number of Topliss-reactive ketones (excluding diaryl/α,β-unsaturated/α-hetero) is 2. The van der Waals surface area contributed by atoms with Crippen LogP contribution in [-0.4, -0.2) is 39.6 Å². The molecule has 0 spiro atoms. The smallest absolute Gasteiger partial charge is 0.159 e. The van der Waals surface area contributed by atoms with Crippen LogP contribution in [0.5, 0.6) is 5.75 Å². The SMILES string of the molecule is C[C@H](C[C@@H](O)[C@H]1O[C@]1(C)C1CCCC1)C1=C2CC[C@@H]3[C@@]4(C)[C@@H](CC[C@]3(C)[C@@]2(C)CC1=O)[C@]1(C)CC=C[C@H]4[C@@H](c2cccc(O)c2)C1=O. The van der Waals surface area contributed by atoms with Crippen LogP contribution in [-0.2, 0) is 14.3 Å². The minimum atomic E-state index is -0.550. The van der Waals surface area contributed by atoms with E-state index in [0.29, 0.717) is 30.5 Å². The molecule has 0 radical (unpaired) electrons. The molecule has 8 aliphatic rings. The molecule has 0 aromatic heterocycles. The molecule has 12 atom stereocenters. The quantitative estimate of drug-likeness (QED) is 0.241. The third-order valence-electron chi connectivity index (χ3n) is 16.3. The Morgan fingerprint density at radius 1 is 1.00 bits per heavy atom. The van der Waals surface area contributed by atoms with Crippen molar-refractivity contribution < 1.29 is 24.5 Å². The van der Waals surface area contributed by atoms with Crippen molar-refractivity contribution in [3.8, 4) is 5.75 Å². The molecule has 1 aromatic rings. The zero-order chi connectivity index (χ0) is 33.3. The lowest BCUT2D eigenvalue weighted by atomic mass is 9.33. The third-order valence-corrected chi connectivity index (χ3v) is 16.3. The number of ketones is 2. The lowest BCUT2D eigenvalue weighted by molar-refractivity contribution is -0.196. The minimum Gasteiger partial charge on any atom is -0.508 e. The predicted molar refractivity (Wildman–Crippen MR) is 183 cm³/mol. The van der Waals surface area contributed by atoms with Crippen molar-refractivity contribution in [3.63, 3.8) is 0 Å². The van der Waals surface area contributed by atoms with Gasteiger partial charge in [-0.1, -0.05) is 77.3 Å². The van der Waals surface area contributed by atoms with E-state index < -0.39 is 11.5 Å². The lowest BCUT2D eigenvalue weighted by Crippen LogP contribution is -2.66. The Balaban J connectivity index is 1.12. The number of carbonyl (C=O) groups excluding carboxylic acids is 2. The Bertz CT molecular complexity index is 1570. The zero-order valence-electron chi connectivity index (χ0n) is 29.5. The number of phenolic OH excluding ortho intramolecular Hbond substituents is 1. The van der Waals surface area contributed by atoms with E-state index >= 15 is 0 Å². The molecule has 1 heterocycles. The number of fused-ring (bicyclic) bond motifs is 5. The number of aliphatic hydroxyl groups is 1. The number of phenols is 1. The number of epoxide rings is 1. The number of carbonyl (C=O) groups is 2. The van der Waals surface area contributed by atoms with E-state index in [1.54, 1.807) is 6.07 Å². The number of aromatic hydroxyl groups is 1. The Morgan fingerprint density at radius 3 is 2.47 bits per heavy atom. The number of aliphatic hydroxyl groups excluding tert-OH is 1. The summed E-state index contributed by atoms with van der Waals surface area (Å²) in [5, 5.41) is 21.9. The van der Waals surface area contributed by atoms with Crippen LogP contribution in [0.2, 0.25) is 0 Å². The molecule has 0 unspecified atom stereocenters. The number of allylic oxidation sites excluding steroid dienone is 4. The topological polar surface area (TPSA) is 87.1 Å². The average molecular weight is 641 g/mol. The van der Waals surface area contributed by atoms with Crippen LogP contribution in [0, 0.1) is 51.2 Å². The van der Waals surface area contributed by atoms with Crippen molar-refractivity contribution in [2.75, 3.05) is 0 Å². The van der Waals surface area contributed by atoms with Crippen LogP contribution in [0.4, 0.5) is 0 Å². The molecule has 9 rings (SSSR count). The van der Waals surface area contributed by atoms with Crippen molar-refractivity contribution in [2.45, 2.75) is 136 Å². The molecule has 4 saturated carbocycles. The van der Waals surface area contributed by atoms with Crippen molar-refractivity contribution in [1.29, 1.82) is 0 Å². The molecule has 254 valence electrons. The molecule has 5 nitrogen and oxygen atoms in total. The fourth-order valence-corrected chi connectivity index (χ4v) is 13.7. The molecule has 0 amide bonds. The van der Waals surface area contributed by atoms with Crippen LogP contribution < -0.4 is 0 Å². The molecule has 1 saturated heterocycles. The van der Waals surface area contributed by atoms with E-state index in [4.69, 9.17) is 4.74 Å². The second-order valence-corrected chi connectivity index (χ2v) is 18.2. The maximum atomic E-state index is 14.5. The summed E-state index contributed by atoms with van der Waals surface area (Å²) >= 11 is 0. The number of ether oxygens (including phenoxy) is 1. The maximum Gasteiger partial charge on any atom is 0.159 e. The molecule has 5 heteroatoms. The molecule has 1 aromatic carbocycles. The Hall–Kier alpha value is -2.24. The Morgan fingerprint density at radius 2 is 1.74 bits per heavy atom. The highest BCUT2D eigenvalue weighted by Gasteiger charge is 2.72. The van der Waals surface area contributed by atoms with Gasteiger partial charge < -0.3 is 14.9 Å². The summed E-state index contributed by atoms with van der Waals surface area (Å²) in [6.45, 7) is 13.9. The van der Waals surface area contributed by atoms with Gasteiger partial charge in [-0.2, -0.15) is 0 Å². The van der Waals surface area contributed by atoms with Crippen LogP contribution >= 0.6 is 0 Å². The molecule has 7 aliphatic carbocycles. The highest BCUT2D eigenvalue weighted by molar-refractivity contribution is 6.00. The number of rotatable bonds is 6. The Labute approximate surface area is 281 Å². The van der Waals surface area contributed by atoms with Gasteiger partial charge in [0.2, 0.25) is 0 Å². The minimum absolute atomic E-state index is 0.00178. The van der Waals surface area contributed by atoms with Gasteiger partial charge in [0.1, 0.15) is 17.6 Å². The van der Waals surface area contributed by atoms with Gasteiger partial charge in [-0.05, 0) is 122 Å². The van der Waals surface area contributed by atoms with E-state index in [1.807, 2.05) is 18.2 Å². The predicted octanol–water partition coefficient (Wildman–Crippen LogP) is 8.48. The van der Waals surface area contributed by atoms with Gasteiger partial charge in [-0.15, -0.1) is 0 Å². The van der Waals surface area contributed by atoms with Crippen molar-refractivity contribution in [1.82, 2.24) is 0 Å². The fourth-order valence-electron chi connectivity index (χ4n) is 13.7. The highest BCUT2D eigenvalue weighted by Crippen LogP contribution is 2.77. The number of hydrogen-bond acceptors (Lipinski definition) is 5. The van der Waals surface area contributed by atoms with Gasteiger partial charge in [-0.3, -0.25) is 9.59 Å². The van der Waals surface area contributed by atoms with E-state index in [2.05, 4.69) is 53.7 Å². The average Bonchev–Trinajstić information content (AvgIpc) is 3.35. The Kier molecular flexibility index (Phi) is 7.07. The summed E-state index contributed by atoms with van der Waals surface area (Å²) in [5.74, 6) is 1.80. The standard InChI is InChI=1S/C42H56O5/c1-24(21-30(44)37-42(6,47-37)26-12-7-8-13-26)34-28-16-17-33-39(3,40(28,4)23-31(34)45)20-18-32-38(2)19-10-15-29(41(32,33)5)35(36(38)46)25-11-9-14-27(43)22-25/h9-11,14-15,22,24,26,29-30,32-33,35,37,43-44H,7-8,12-13,16-21,23H2,1-6H3/t24-,29+,30-,32+,33+,35-,37-,38+,39+,40+,41-,42-/m1/s1. The van der Waals surface area contributed by atoms with Crippen LogP contribution in [0.1, 0.15) is 124 Å². The molecule has 47 heavy (non-hydrogen) atoms. The van der Waals surface area contributed by atoms with Crippen molar-refractivity contribution >= 4 is 11.6 Å². The molecular formula is C42H56O5. The first-order valence-electron chi connectivity index (χ1n) is 18.8. The van der Waals surface area contributed by atoms with Crippen LogP contribution in [0.3, 0.4) is 0 Å². The summed E-state index contributed by atoms with van der Waals surface area (Å²) in [6.07, 6.45) is 14.8. The first-order valence-corrected chi connectivity index (χ1v) is 18.8. The second-order valence-electron chi connectivity index (χ2n) is 18.2. The van der Waals surface area contributed by atoms with Gasteiger partial charge in [0, 0.05) is 17.3 Å². The van der Waals surface area contributed by atoms with E-state index in [1.165, 1.54) is 31.3 Å². The van der Waals surface area contributed by atoms with E-state index in [-0.39, 0.29) is 63.2 Å². The first kappa shape index (κ1) is 32.0. The summed E-state index contributed by atoms with van der Waals surface area (Å²) in [5.41, 5.74) is 2.21. The van der Waals surface area contributed by atoms with Gasteiger partial charge in [0.25, 0.3) is 0 Å². The first-order chi connectivity index (χ1) is 22.2. The van der Waals surface area contributed by atoms with Crippen LogP contribution in [0.25, 0.3) is 0 Å². The lowest BCUT2D eigenvalue weighted by Gasteiger charge is -2.70. The molecule has 2 bridgehead atoms. The summed E-state index contributed by atoms with van der Waals surface area (Å²) in [4.78, 5) is 28.7. The van der Waals surface area contributed by atoms with Crippen molar-refractivity contribution in [2.24, 2.45) is 51.2 Å². The normalized spacial score (nSPS) is 47.0. The van der Waals surface area contributed by atoms with Gasteiger partial charge in [0.05, 0.1) is 17.6 Å². The summed E-state index contributed by atoms with van der Waals surface area (Å²) in [7, 11) is 0. The molecule has 2 N–H and O–H groups in total.